The summed E-state index contributed by atoms with van der Waals surface area (Å²) in [6, 6.07) is 2.84. The first kappa shape index (κ1) is 13.9. The molecular formula is C11H14ClFN2O2. The molecule has 2 N–H and O–H groups in total. The summed E-state index contributed by atoms with van der Waals surface area (Å²) in [5.41, 5.74) is 5.82. The van der Waals surface area contributed by atoms with Crippen LogP contribution in [0.1, 0.15) is 11.1 Å². The van der Waals surface area contributed by atoms with Gasteiger partial charge in [0.25, 0.3) is 5.91 Å². The second kappa shape index (κ2) is 6.54. The molecule has 1 rings (SSSR count). The van der Waals surface area contributed by atoms with E-state index in [1.807, 2.05) is 0 Å². The van der Waals surface area contributed by atoms with Gasteiger partial charge >= 0.3 is 0 Å². The normalized spacial score (nSPS) is 10.4. The van der Waals surface area contributed by atoms with E-state index in [0.29, 0.717) is 16.1 Å². The van der Waals surface area contributed by atoms with E-state index in [1.165, 1.54) is 12.1 Å². The van der Waals surface area contributed by atoms with E-state index in [2.05, 4.69) is 10.9 Å². The lowest BCUT2D eigenvalue weighted by Gasteiger charge is -2.08. The van der Waals surface area contributed by atoms with Crippen molar-refractivity contribution in [3.8, 4) is 0 Å². The maximum absolute atomic E-state index is 13.3. The first-order valence-corrected chi connectivity index (χ1v) is 5.40. The molecule has 0 radical (unpaired) electrons. The molecule has 0 spiro atoms. The van der Waals surface area contributed by atoms with Crippen molar-refractivity contribution in [3.05, 3.63) is 34.1 Å². The molecule has 0 aliphatic heterocycles. The fraction of sp³-hybridized carbons (Fsp3) is 0.364. The molecule has 0 saturated heterocycles. The predicted octanol–water partition coefficient (Wildman–Crippen LogP) is 1.55. The number of hydrazine groups is 1. The summed E-state index contributed by atoms with van der Waals surface area (Å²) < 4.78 is 18.4. The van der Waals surface area contributed by atoms with Crippen LogP contribution < -0.4 is 10.9 Å². The van der Waals surface area contributed by atoms with Gasteiger partial charge in [-0.25, -0.2) is 9.82 Å². The van der Waals surface area contributed by atoms with Crippen molar-refractivity contribution in [3.63, 3.8) is 0 Å². The molecule has 0 aliphatic rings. The third kappa shape index (κ3) is 4.30. The van der Waals surface area contributed by atoms with Crippen LogP contribution in [0.2, 0.25) is 5.02 Å². The zero-order valence-electron chi connectivity index (χ0n) is 9.64. The lowest BCUT2D eigenvalue weighted by Crippen LogP contribution is -2.36. The van der Waals surface area contributed by atoms with Crippen LogP contribution in [0.3, 0.4) is 0 Å². The Balaban J connectivity index is 2.52. The second-order valence-electron chi connectivity index (χ2n) is 3.48. The topological polar surface area (TPSA) is 50.4 Å². The third-order valence-electron chi connectivity index (χ3n) is 2.08. The van der Waals surface area contributed by atoms with E-state index in [0.717, 1.165) is 0 Å². The Kier molecular flexibility index (Phi) is 5.34. The number of amides is 1. The Morgan fingerprint density at radius 3 is 2.88 bits per heavy atom. The number of carbonyl (C=O) groups excluding carboxylic acids is 1. The quantitative estimate of drug-likeness (QED) is 0.790. The lowest BCUT2D eigenvalue weighted by atomic mass is 10.1. The molecular weight excluding hydrogens is 247 g/mol. The van der Waals surface area contributed by atoms with E-state index in [9.17, 15) is 9.18 Å². The molecule has 0 fully saturated rings. The van der Waals surface area contributed by atoms with E-state index in [1.54, 1.807) is 14.0 Å². The first-order valence-electron chi connectivity index (χ1n) is 5.02. The average Bonchev–Trinajstić information content (AvgIpc) is 2.26. The van der Waals surface area contributed by atoms with E-state index >= 15 is 0 Å². The molecule has 1 aromatic carbocycles. The van der Waals surface area contributed by atoms with Crippen LogP contribution in [0, 0.1) is 12.7 Å². The van der Waals surface area contributed by atoms with Gasteiger partial charge in [-0.05, 0) is 30.2 Å². The Morgan fingerprint density at radius 1 is 1.53 bits per heavy atom. The minimum atomic E-state index is -0.340. The molecule has 17 heavy (non-hydrogen) atoms. The van der Waals surface area contributed by atoms with Crippen molar-refractivity contribution in [2.24, 2.45) is 0 Å². The van der Waals surface area contributed by atoms with Crippen molar-refractivity contribution in [1.82, 2.24) is 10.9 Å². The van der Waals surface area contributed by atoms with Crippen molar-refractivity contribution in [2.45, 2.75) is 13.5 Å². The number of halogens is 2. The Bertz CT molecular complexity index is 413. The number of rotatable bonds is 5. The molecule has 1 amide bonds. The zero-order chi connectivity index (χ0) is 12.8. The largest absolute Gasteiger partial charge is 0.367 e. The van der Waals surface area contributed by atoms with E-state index in [-0.39, 0.29) is 24.9 Å². The molecule has 0 unspecified atom stereocenters. The maximum atomic E-state index is 13.3. The van der Waals surface area contributed by atoms with E-state index < -0.39 is 0 Å². The van der Waals surface area contributed by atoms with Crippen LogP contribution >= 0.6 is 11.6 Å². The van der Waals surface area contributed by atoms with Gasteiger partial charge in [0.15, 0.2) is 0 Å². The predicted molar refractivity (Wildman–Crippen MR) is 63.0 cm³/mol. The van der Waals surface area contributed by atoms with E-state index in [4.69, 9.17) is 16.3 Å². The van der Waals surface area contributed by atoms with Gasteiger partial charge in [-0.1, -0.05) is 11.6 Å². The van der Waals surface area contributed by atoms with Gasteiger partial charge in [-0.15, -0.1) is 0 Å². The molecule has 6 heteroatoms. The van der Waals surface area contributed by atoms with Gasteiger partial charge < -0.3 is 4.74 Å². The summed E-state index contributed by atoms with van der Waals surface area (Å²) in [5.74, 6) is -0.649. The second-order valence-corrected chi connectivity index (χ2v) is 3.89. The van der Waals surface area contributed by atoms with Gasteiger partial charge in [0.1, 0.15) is 12.4 Å². The molecule has 0 atom stereocenters. The van der Waals surface area contributed by atoms with Crippen LogP contribution in [0.4, 0.5) is 4.39 Å². The molecule has 0 heterocycles. The summed E-state index contributed by atoms with van der Waals surface area (Å²) in [7, 11) is 1.57. The molecule has 4 nitrogen and oxygen atoms in total. The molecule has 0 saturated carbocycles. The van der Waals surface area contributed by atoms with Crippen molar-refractivity contribution >= 4 is 17.5 Å². The molecule has 0 bridgehead atoms. The maximum Gasteiger partial charge on any atom is 0.260 e. The molecule has 0 aromatic heterocycles. The summed E-state index contributed by atoms with van der Waals surface area (Å²) >= 11 is 5.92. The van der Waals surface area contributed by atoms with Gasteiger partial charge in [0.2, 0.25) is 0 Å². The minimum absolute atomic E-state index is 0.0904. The number of benzene rings is 1. The van der Waals surface area contributed by atoms with Gasteiger partial charge in [-0.3, -0.25) is 10.2 Å². The summed E-state index contributed by atoms with van der Waals surface area (Å²) in [5, 5.41) is 0.429. The summed E-state index contributed by atoms with van der Waals surface area (Å²) in [6.45, 7) is 1.60. The first-order chi connectivity index (χ1) is 8.04. The highest BCUT2D eigenvalue weighted by Crippen LogP contribution is 2.21. The Hall–Kier alpha value is -1.17. The van der Waals surface area contributed by atoms with Crippen molar-refractivity contribution < 1.29 is 13.9 Å². The molecule has 1 aromatic rings. The smallest absolute Gasteiger partial charge is 0.260 e. The minimum Gasteiger partial charge on any atom is -0.367 e. The van der Waals surface area contributed by atoms with Crippen LogP contribution in [0.5, 0.6) is 0 Å². The van der Waals surface area contributed by atoms with Crippen molar-refractivity contribution in [2.75, 3.05) is 13.7 Å². The number of carbonyl (C=O) groups is 1. The number of nitrogens with one attached hydrogen (secondary N) is 2. The molecule has 0 aliphatic carbocycles. The highest BCUT2D eigenvalue weighted by molar-refractivity contribution is 6.31. The number of hydrogen-bond donors (Lipinski definition) is 2. The van der Waals surface area contributed by atoms with Crippen molar-refractivity contribution in [1.29, 1.82) is 0 Å². The zero-order valence-corrected chi connectivity index (χ0v) is 10.4. The standard InChI is InChI=1S/C11H14ClFN2O2/c1-7-3-9(12)8(4-10(7)13)5-17-6-11(16)15-14-2/h3-4,14H,5-6H2,1-2H3,(H,15,16). The summed E-state index contributed by atoms with van der Waals surface area (Å²) in [6.07, 6.45) is 0. The lowest BCUT2D eigenvalue weighted by molar-refractivity contribution is -0.126. The summed E-state index contributed by atoms with van der Waals surface area (Å²) in [4.78, 5) is 11.0. The monoisotopic (exact) mass is 260 g/mol. The van der Waals surface area contributed by atoms with Gasteiger partial charge in [0, 0.05) is 12.1 Å². The average molecular weight is 261 g/mol. The van der Waals surface area contributed by atoms with Gasteiger partial charge in [-0.2, -0.15) is 0 Å². The fourth-order valence-electron chi connectivity index (χ4n) is 1.23. The van der Waals surface area contributed by atoms with Crippen LogP contribution in [-0.4, -0.2) is 19.6 Å². The fourth-order valence-corrected chi connectivity index (χ4v) is 1.50. The highest BCUT2D eigenvalue weighted by Gasteiger charge is 2.07. The SMILES string of the molecule is CNNC(=O)COCc1cc(F)c(C)cc1Cl. The Morgan fingerprint density at radius 2 is 2.24 bits per heavy atom. The highest BCUT2D eigenvalue weighted by atomic mass is 35.5. The van der Waals surface area contributed by atoms with Crippen LogP contribution in [0.15, 0.2) is 12.1 Å². The number of aryl methyl sites for hydroxylation is 1. The number of ether oxygens (including phenoxy) is 1. The number of hydrogen-bond acceptors (Lipinski definition) is 3. The molecule has 94 valence electrons. The van der Waals surface area contributed by atoms with Gasteiger partial charge in [0.05, 0.1) is 6.61 Å². The Labute approximate surface area is 104 Å². The third-order valence-corrected chi connectivity index (χ3v) is 2.43. The van der Waals surface area contributed by atoms with Crippen LogP contribution in [-0.2, 0) is 16.1 Å². The van der Waals surface area contributed by atoms with Crippen LogP contribution in [0.25, 0.3) is 0 Å².